The zero-order chi connectivity index (χ0) is 29.0. The molecule has 0 unspecified atom stereocenters. The second-order valence-corrected chi connectivity index (χ2v) is 13.0. The maximum Gasteiger partial charge on any atom is 0.333 e. The molecule has 2 aromatic carbocycles. The minimum atomic E-state index is -3.81. The number of aryl methyl sites for hydroxylation is 1. The van der Waals surface area contributed by atoms with E-state index in [9.17, 15) is 27.2 Å². The fourth-order valence-corrected chi connectivity index (χ4v) is 6.73. The van der Waals surface area contributed by atoms with Crippen LogP contribution in [0.3, 0.4) is 0 Å². The van der Waals surface area contributed by atoms with Gasteiger partial charge in [-0.25, -0.2) is 17.6 Å². The van der Waals surface area contributed by atoms with Gasteiger partial charge in [-0.1, -0.05) is 6.07 Å². The Morgan fingerprint density at radius 3 is 2.52 bits per heavy atom. The summed E-state index contributed by atoms with van der Waals surface area (Å²) in [6.07, 6.45) is 0.915. The smallest absolute Gasteiger partial charge is 0.333 e. The molecule has 1 saturated carbocycles. The second-order valence-electron chi connectivity index (χ2n) is 9.68. The summed E-state index contributed by atoms with van der Waals surface area (Å²) >= 11 is 1.96. The van der Waals surface area contributed by atoms with E-state index in [0.29, 0.717) is 16.4 Å². The van der Waals surface area contributed by atoms with E-state index in [4.69, 9.17) is 4.74 Å². The van der Waals surface area contributed by atoms with Crippen molar-refractivity contribution in [2.75, 3.05) is 23.8 Å². The molecule has 3 N–H and O–H groups in total. The Morgan fingerprint density at radius 2 is 1.88 bits per heavy atom. The van der Waals surface area contributed by atoms with Crippen LogP contribution >= 0.6 is 22.6 Å². The first-order valence-electron chi connectivity index (χ1n) is 12.1. The lowest BCUT2D eigenvalue weighted by Crippen LogP contribution is -2.34. The van der Waals surface area contributed by atoms with E-state index in [1.54, 1.807) is 18.2 Å². The summed E-state index contributed by atoms with van der Waals surface area (Å²) in [6.45, 7) is 1.52. The quantitative estimate of drug-likeness (QED) is 0.243. The molecule has 2 aromatic heterocycles. The summed E-state index contributed by atoms with van der Waals surface area (Å²) in [5.74, 6) is -0.618. The zero-order valence-electron chi connectivity index (χ0n) is 21.7. The summed E-state index contributed by atoms with van der Waals surface area (Å²) in [6, 6.07) is 10.5. The number of nitrogens with zero attached hydrogens (tertiary/aromatic N) is 2. The van der Waals surface area contributed by atoms with E-state index in [2.05, 4.69) is 15.0 Å². The van der Waals surface area contributed by atoms with Crippen molar-refractivity contribution in [3.05, 3.63) is 88.6 Å². The number of methoxy groups -OCH3 is 1. The molecule has 5 rings (SSSR count). The number of ether oxygens (including phenoxy) is 1. The van der Waals surface area contributed by atoms with Crippen molar-refractivity contribution in [3.8, 4) is 5.69 Å². The molecule has 0 aliphatic heterocycles. The van der Waals surface area contributed by atoms with Gasteiger partial charge >= 0.3 is 5.69 Å². The summed E-state index contributed by atoms with van der Waals surface area (Å²) in [5.41, 5.74) is -1.63. The van der Waals surface area contributed by atoms with Crippen molar-refractivity contribution < 1.29 is 17.5 Å². The molecule has 0 spiro atoms. The van der Waals surface area contributed by atoms with Gasteiger partial charge in [0, 0.05) is 23.3 Å². The number of pyridine rings is 1. The number of H-pyrrole nitrogens is 1. The molecule has 0 radical (unpaired) electrons. The Labute approximate surface area is 241 Å². The predicted octanol–water partition coefficient (Wildman–Crippen LogP) is 3.09. The Morgan fingerprint density at radius 1 is 1.15 bits per heavy atom. The van der Waals surface area contributed by atoms with Gasteiger partial charge in [0.25, 0.3) is 11.1 Å². The minimum absolute atomic E-state index is 0.00308. The van der Waals surface area contributed by atoms with E-state index >= 15 is 0 Å². The van der Waals surface area contributed by atoms with Gasteiger partial charge in [0.1, 0.15) is 21.8 Å². The van der Waals surface area contributed by atoms with Crippen molar-refractivity contribution in [2.45, 2.75) is 24.5 Å². The van der Waals surface area contributed by atoms with Crippen LogP contribution in [0.1, 0.15) is 18.4 Å². The monoisotopic (exact) mass is 681 g/mol. The number of hydrogen-bond donors (Lipinski definition) is 3. The number of anilines is 3. The molecule has 4 aromatic rings. The highest BCUT2D eigenvalue weighted by Crippen LogP contribution is 2.44. The largest absolute Gasteiger partial charge is 0.383 e. The van der Waals surface area contributed by atoms with Crippen LogP contribution in [0.25, 0.3) is 16.6 Å². The molecule has 0 saturated heterocycles. The third-order valence-corrected chi connectivity index (χ3v) is 9.83. The molecule has 210 valence electrons. The molecule has 40 heavy (non-hydrogen) atoms. The first kappa shape index (κ1) is 28.0. The Kier molecular flexibility index (Phi) is 7.12. The summed E-state index contributed by atoms with van der Waals surface area (Å²) < 4.78 is 50.4. The van der Waals surface area contributed by atoms with Crippen LogP contribution < -0.4 is 26.8 Å². The molecule has 2 heterocycles. The molecule has 1 fully saturated rings. The second kappa shape index (κ2) is 10.2. The number of sulfonamides is 1. The molecule has 1 aliphatic carbocycles. The highest BCUT2D eigenvalue weighted by atomic mass is 127. The average molecular weight is 681 g/mol. The molecule has 14 heteroatoms. The van der Waals surface area contributed by atoms with Gasteiger partial charge in [-0.05, 0) is 78.8 Å². The van der Waals surface area contributed by atoms with Crippen LogP contribution in [0.4, 0.5) is 21.6 Å². The zero-order valence-corrected chi connectivity index (χ0v) is 24.6. The van der Waals surface area contributed by atoms with Gasteiger partial charge in [0.05, 0.1) is 29.2 Å². The fourth-order valence-electron chi connectivity index (χ4n) is 4.71. The highest BCUT2D eigenvalue weighted by molar-refractivity contribution is 14.1. The van der Waals surface area contributed by atoms with Crippen LogP contribution in [0.5, 0.6) is 0 Å². The van der Waals surface area contributed by atoms with Crippen LogP contribution in [-0.4, -0.2) is 41.0 Å². The van der Waals surface area contributed by atoms with Crippen LogP contribution in [0.15, 0.2) is 56.8 Å². The van der Waals surface area contributed by atoms with Gasteiger partial charge in [-0.3, -0.25) is 28.4 Å². The Hall–Kier alpha value is -3.50. The number of nitrogens with one attached hydrogen (secondary N) is 3. The minimum Gasteiger partial charge on any atom is -0.383 e. The molecule has 0 atom stereocenters. The van der Waals surface area contributed by atoms with Gasteiger partial charge in [-0.2, -0.15) is 0 Å². The molecule has 0 amide bonds. The number of benzene rings is 2. The Bertz CT molecular complexity index is 1960. The number of hydrogen-bond acceptors (Lipinski definition) is 7. The summed E-state index contributed by atoms with van der Waals surface area (Å²) in [5, 5.41) is 2.79. The van der Waals surface area contributed by atoms with Crippen molar-refractivity contribution in [1.29, 1.82) is 0 Å². The third-order valence-electron chi connectivity index (χ3n) is 6.99. The van der Waals surface area contributed by atoms with Crippen LogP contribution in [0, 0.1) is 16.3 Å². The van der Waals surface area contributed by atoms with Gasteiger partial charge < -0.3 is 10.1 Å². The lowest BCUT2D eigenvalue weighted by Gasteiger charge is -2.19. The van der Waals surface area contributed by atoms with Gasteiger partial charge in [-0.15, -0.1) is 0 Å². The number of rotatable bonds is 8. The van der Waals surface area contributed by atoms with Crippen molar-refractivity contribution in [2.24, 2.45) is 7.05 Å². The van der Waals surface area contributed by atoms with E-state index in [1.165, 1.54) is 49.9 Å². The number of halogens is 2. The average Bonchev–Trinajstić information content (AvgIpc) is 3.68. The van der Waals surface area contributed by atoms with E-state index in [1.807, 2.05) is 22.6 Å². The maximum absolute atomic E-state index is 14.7. The molecular weight excluding hydrogens is 656 g/mol. The standard InChI is InChI=1S/C26H25FIN5O6S/c1-14-21-20(22(32(2)24(14)35)29-19-8-7-15(28)11-18(19)27)23(34)30-25(36)33(21)17-6-4-5-16(12-17)31-40(37,38)26(9-10-26)13-39-3/h4-8,11-12,29,31H,9-10,13H2,1-3H3,(H,30,34,36). The fraction of sp³-hybridized carbons (Fsp3) is 0.269. The first-order chi connectivity index (χ1) is 18.9. The third kappa shape index (κ3) is 4.73. The topological polar surface area (TPSA) is 144 Å². The first-order valence-corrected chi connectivity index (χ1v) is 14.7. The molecule has 1 aliphatic rings. The van der Waals surface area contributed by atoms with Crippen LogP contribution in [0.2, 0.25) is 0 Å². The van der Waals surface area contributed by atoms with Crippen molar-refractivity contribution in [1.82, 2.24) is 14.1 Å². The maximum atomic E-state index is 14.7. The molecular formula is C26H25FIN5O6S. The lowest BCUT2D eigenvalue weighted by molar-refractivity contribution is 0.192. The number of fused-ring (bicyclic) bond motifs is 1. The van der Waals surface area contributed by atoms with E-state index in [-0.39, 0.29) is 46.0 Å². The summed E-state index contributed by atoms with van der Waals surface area (Å²) in [7, 11) is -0.943. The predicted molar refractivity (Wildman–Crippen MR) is 159 cm³/mol. The number of aromatic amines is 1. The molecule has 0 bridgehead atoms. The van der Waals surface area contributed by atoms with Gasteiger partial charge in [0.15, 0.2) is 0 Å². The summed E-state index contributed by atoms with van der Waals surface area (Å²) in [4.78, 5) is 41.9. The highest BCUT2D eigenvalue weighted by Gasteiger charge is 2.54. The SMILES string of the molecule is COCC1(S(=O)(=O)Nc2cccc(-n3c(=O)[nH]c(=O)c4c(Nc5ccc(I)cc5F)n(C)c(=O)c(C)c43)c2)CC1. The number of aromatic nitrogens is 3. The normalized spacial score (nSPS) is 14.3. The van der Waals surface area contributed by atoms with Crippen molar-refractivity contribution >= 4 is 60.7 Å². The van der Waals surface area contributed by atoms with Crippen LogP contribution in [-0.2, 0) is 21.8 Å². The van der Waals surface area contributed by atoms with E-state index < -0.39 is 37.4 Å². The molecule has 11 nitrogen and oxygen atoms in total. The van der Waals surface area contributed by atoms with Crippen molar-refractivity contribution in [3.63, 3.8) is 0 Å². The lowest BCUT2D eigenvalue weighted by atomic mass is 10.1. The Balaban J connectivity index is 1.70. The van der Waals surface area contributed by atoms with E-state index in [0.717, 1.165) is 4.57 Å². The van der Waals surface area contributed by atoms with Gasteiger partial charge in [0.2, 0.25) is 10.0 Å².